The molecule has 0 bridgehead atoms. The summed E-state index contributed by atoms with van der Waals surface area (Å²) in [5.41, 5.74) is 0.909. The van der Waals surface area contributed by atoms with E-state index in [0.717, 1.165) is 37.4 Å². The lowest BCUT2D eigenvalue weighted by Crippen LogP contribution is -2.40. The molecule has 1 saturated heterocycles. The topological polar surface area (TPSA) is 62.9 Å². The van der Waals surface area contributed by atoms with Crippen LogP contribution in [0.4, 0.5) is 0 Å². The van der Waals surface area contributed by atoms with Crippen molar-refractivity contribution in [3.05, 3.63) is 30.2 Å². The van der Waals surface area contributed by atoms with Gasteiger partial charge in [0.05, 0.1) is 18.8 Å². The van der Waals surface area contributed by atoms with Gasteiger partial charge in [0.2, 0.25) is 0 Å². The molecule has 2 aromatic rings. The van der Waals surface area contributed by atoms with E-state index >= 15 is 0 Å². The number of ether oxygens (including phenoxy) is 1. The largest absolute Gasteiger partial charge is 0.389 e. The third kappa shape index (κ3) is 4.07. The lowest BCUT2D eigenvalue weighted by atomic mass is 9.96. The van der Waals surface area contributed by atoms with Crippen LogP contribution >= 0.6 is 0 Å². The molecule has 6 heteroatoms. The fraction of sp³-hybridized carbons (Fsp3) is 0.647. The number of pyridine rings is 1. The number of piperidine rings is 1. The van der Waals surface area contributed by atoms with Crippen molar-refractivity contribution in [1.29, 1.82) is 0 Å². The van der Waals surface area contributed by atoms with Gasteiger partial charge >= 0.3 is 0 Å². The third-order valence-corrected chi connectivity index (χ3v) is 4.38. The number of fused-ring (bicyclic) bond motifs is 1. The first-order valence-electron chi connectivity index (χ1n) is 8.45. The van der Waals surface area contributed by atoms with E-state index in [2.05, 4.69) is 19.5 Å². The van der Waals surface area contributed by atoms with Crippen LogP contribution in [0.25, 0.3) is 5.65 Å². The van der Waals surface area contributed by atoms with E-state index in [1.54, 1.807) is 0 Å². The highest BCUT2D eigenvalue weighted by molar-refractivity contribution is 5.37. The van der Waals surface area contributed by atoms with Crippen molar-refractivity contribution in [2.75, 3.05) is 26.2 Å². The molecular formula is C17H26N4O2. The maximum Gasteiger partial charge on any atom is 0.160 e. The van der Waals surface area contributed by atoms with Crippen molar-refractivity contribution in [3.63, 3.8) is 0 Å². The summed E-state index contributed by atoms with van der Waals surface area (Å²) >= 11 is 0. The molecule has 0 aliphatic carbocycles. The predicted molar refractivity (Wildman–Crippen MR) is 88.5 cm³/mol. The summed E-state index contributed by atoms with van der Waals surface area (Å²) in [6, 6.07) is 5.98. The molecule has 1 unspecified atom stereocenters. The van der Waals surface area contributed by atoms with E-state index in [1.165, 1.54) is 0 Å². The SMILES string of the molecule is CC(C)OCC(O)CN1CCC(c2nnc3ccccn23)CC1. The molecule has 0 radical (unpaired) electrons. The standard InChI is InChI=1S/C17H26N4O2/c1-13(2)23-12-15(22)11-20-9-6-14(7-10-20)17-19-18-16-5-3-4-8-21(16)17/h3-5,8,13-15,22H,6-7,9-12H2,1-2H3. The number of aliphatic hydroxyl groups excluding tert-OH is 1. The van der Waals surface area contributed by atoms with Gasteiger partial charge in [-0.25, -0.2) is 0 Å². The number of aromatic nitrogens is 3. The Morgan fingerprint density at radius 3 is 2.78 bits per heavy atom. The van der Waals surface area contributed by atoms with Gasteiger partial charge in [-0.15, -0.1) is 10.2 Å². The molecule has 3 heterocycles. The Kier molecular flexibility index (Phi) is 5.25. The van der Waals surface area contributed by atoms with Gasteiger partial charge in [-0.2, -0.15) is 0 Å². The fourth-order valence-electron chi connectivity index (χ4n) is 3.17. The Bertz CT molecular complexity index is 620. The molecule has 0 aromatic carbocycles. The number of hydrogen-bond acceptors (Lipinski definition) is 5. The highest BCUT2D eigenvalue weighted by Crippen LogP contribution is 2.27. The molecule has 0 spiro atoms. The molecule has 2 aromatic heterocycles. The van der Waals surface area contributed by atoms with Gasteiger partial charge in [0.25, 0.3) is 0 Å². The zero-order valence-corrected chi connectivity index (χ0v) is 13.9. The number of hydrogen-bond donors (Lipinski definition) is 1. The smallest absolute Gasteiger partial charge is 0.160 e. The van der Waals surface area contributed by atoms with Crippen LogP contribution < -0.4 is 0 Å². The lowest BCUT2D eigenvalue weighted by molar-refractivity contribution is -0.0112. The van der Waals surface area contributed by atoms with Gasteiger partial charge in [-0.3, -0.25) is 4.40 Å². The molecule has 126 valence electrons. The molecule has 1 N–H and O–H groups in total. The number of nitrogens with zero attached hydrogens (tertiary/aromatic N) is 4. The second-order valence-electron chi connectivity index (χ2n) is 6.60. The first-order chi connectivity index (χ1) is 11.1. The average molecular weight is 318 g/mol. The summed E-state index contributed by atoms with van der Waals surface area (Å²) in [7, 11) is 0. The zero-order valence-electron chi connectivity index (χ0n) is 13.9. The summed E-state index contributed by atoms with van der Waals surface area (Å²) in [5.74, 6) is 1.50. The zero-order chi connectivity index (χ0) is 16.2. The van der Waals surface area contributed by atoms with Crippen molar-refractivity contribution in [2.45, 2.75) is 44.8 Å². The van der Waals surface area contributed by atoms with E-state index < -0.39 is 6.10 Å². The minimum absolute atomic E-state index is 0.164. The Morgan fingerprint density at radius 1 is 1.26 bits per heavy atom. The molecule has 0 amide bonds. The number of likely N-dealkylation sites (tertiary alicyclic amines) is 1. The number of β-amino-alcohol motifs (C(OH)–C–C–N with tert-alkyl or cyclic N) is 1. The van der Waals surface area contributed by atoms with Crippen LogP contribution in [0.15, 0.2) is 24.4 Å². The average Bonchev–Trinajstić information content (AvgIpc) is 2.98. The molecular weight excluding hydrogens is 292 g/mol. The predicted octanol–water partition coefficient (Wildman–Crippen LogP) is 1.69. The van der Waals surface area contributed by atoms with E-state index in [-0.39, 0.29) is 6.10 Å². The molecule has 1 aliphatic rings. The van der Waals surface area contributed by atoms with Crippen molar-refractivity contribution in [2.24, 2.45) is 0 Å². The van der Waals surface area contributed by atoms with Crippen molar-refractivity contribution < 1.29 is 9.84 Å². The van der Waals surface area contributed by atoms with E-state index in [0.29, 0.717) is 19.1 Å². The normalized spacial score (nSPS) is 18.8. The Labute approximate surface area is 137 Å². The second-order valence-corrected chi connectivity index (χ2v) is 6.60. The minimum Gasteiger partial charge on any atom is -0.389 e. The summed E-state index contributed by atoms with van der Waals surface area (Å²) in [4.78, 5) is 2.31. The second kappa shape index (κ2) is 7.38. The maximum atomic E-state index is 10.0. The molecule has 0 saturated carbocycles. The molecule has 1 atom stereocenters. The van der Waals surface area contributed by atoms with Crippen molar-refractivity contribution in [1.82, 2.24) is 19.5 Å². The Balaban J connectivity index is 1.52. The third-order valence-electron chi connectivity index (χ3n) is 4.38. The molecule has 3 rings (SSSR count). The number of aliphatic hydroxyl groups is 1. The summed E-state index contributed by atoms with van der Waals surface area (Å²) in [5, 5.41) is 18.7. The summed E-state index contributed by atoms with van der Waals surface area (Å²) < 4.78 is 7.56. The first-order valence-corrected chi connectivity index (χ1v) is 8.45. The summed E-state index contributed by atoms with van der Waals surface area (Å²) in [6.45, 7) is 7.02. The van der Waals surface area contributed by atoms with Crippen LogP contribution in [0.3, 0.4) is 0 Å². The highest BCUT2D eigenvalue weighted by Gasteiger charge is 2.25. The Hall–Kier alpha value is -1.50. The lowest BCUT2D eigenvalue weighted by Gasteiger charge is -2.32. The molecule has 1 aliphatic heterocycles. The van der Waals surface area contributed by atoms with Gasteiger partial charge < -0.3 is 14.7 Å². The summed E-state index contributed by atoms with van der Waals surface area (Å²) in [6.07, 6.45) is 3.88. The molecule has 1 fully saturated rings. The van der Waals surface area contributed by atoms with Crippen molar-refractivity contribution in [3.8, 4) is 0 Å². The molecule has 6 nitrogen and oxygen atoms in total. The van der Waals surface area contributed by atoms with Gasteiger partial charge in [-0.1, -0.05) is 6.07 Å². The highest BCUT2D eigenvalue weighted by atomic mass is 16.5. The minimum atomic E-state index is -0.414. The van der Waals surface area contributed by atoms with Gasteiger partial charge in [0.1, 0.15) is 5.82 Å². The van der Waals surface area contributed by atoms with Gasteiger partial charge in [0.15, 0.2) is 5.65 Å². The van der Waals surface area contributed by atoms with Crippen LogP contribution in [0.5, 0.6) is 0 Å². The van der Waals surface area contributed by atoms with Gasteiger partial charge in [-0.05, 0) is 51.9 Å². The van der Waals surface area contributed by atoms with Gasteiger partial charge in [0, 0.05) is 18.7 Å². The Morgan fingerprint density at radius 2 is 2.04 bits per heavy atom. The van der Waals surface area contributed by atoms with Crippen LogP contribution in [0, 0.1) is 0 Å². The van der Waals surface area contributed by atoms with Crippen LogP contribution in [0.1, 0.15) is 38.4 Å². The van der Waals surface area contributed by atoms with Crippen LogP contribution in [-0.4, -0.2) is 63.1 Å². The van der Waals surface area contributed by atoms with E-state index in [9.17, 15) is 5.11 Å². The number of rotatable bonds is 6. The quantitative estimate of drug-likeness (QED) is 0.878. The van der Waals surface area contributed by atoms with Crippen LogP contribution in [-0.2, 0) is 4.74 Å². The van der Waals surface area contributed by atoms with Crippen LogP contribution in [0.2, 0.25) is 0 Å². The van der Waals surface area contributed by atoms with E-state index in [4.69, 9.17) is 4.74 Å². The maximum absolute atomic E-state index is 10.0. The molecule has 23 heavy (non-hydrogen) atoms. The van der Waals surface area contributed by atoms with E-state index in [1.807, 2.05) is 38.2 Å². The first kappa shape index (κ1) is 16.4. The fourth-order valence-corrected chi connectivity index (χ4v) is 3.17. The van der Waals surface area contributed by atoms with Crippen molar-refractivity contribution >= 4 is 5.65 Å². The monoisotopic (exact) mass is 318 g/mol.